The van der Waals surface area contributed by atoms with E-state index in [1.54, 1.807) is 32.0 Å². The van der Waals surface area contributed by atoms with Gasteiger partial charge in [-0.2, -0.15) is 5.26 Å². The first-order chi connectivity index (χ1) is 7.86. The molecule has 0 fully saturated rings. The van der Waals surface area contributed by atoms with Crippen LogP contribution >= 0.6 is 0 Å². The van der Waals surface area contributed by atoms with Gasteiger partial charge in [0, 0.05) is 6.54 Å². The van der Waals surface area contributed by atoms with Gasteiger partial charge in [0.05, 0.1) is 28.4 Å². The van der Waals surface area contributed by atoms with Gasteiger partial charge in [0.1, 0.15) is 0 Å². The van der Waals surface area contributed by atoms with Crippen molar-refractivity contribution < 1.29 is 4.79 Å². The van der Waals surface area contributed by atoms with E-state index >= 15 is 0 Å². The van der Waals surface area contributed by atoms with E-state index in [2.05, 4.69) is 5.32 Å². The molecule has 1 amide bonds. The second-order valence-electron chi connectivity index (χ2n) is 4.52. The van der Waals surface area contributed by atoms with Crippen molar-refractivity contribution in [3.63, 3.8) is 0 Å². The molecular formula is C12H16N4O. The number of carbonyl (C=O) groups excluding carboxylic acids is 1. The number of amides is 1. The van der Waals surface area contributed by atoms with Gasteiger partial charge in [0.2, 0.25) is 5.91 Å². The van der Waals surface area contributed by atoms with E-state index in [1.807, 2.05) is 6.07 Å². The van der Waals surface area contributed by atoms with Gasteiger partial charge in [0.15, 0.2) is 0 Å². The predicted molar refractivity (Wildman–Crippen MR) is 67.0 cm³/mol. The third-order valence-corrected chi connectivity index (χ3v) is 2.57. The Kier molecular flexibility index (Phi) is 3.59. The highest BCUT2D eigenvalue weighted by Crippen LogP contribution is 2.22. The molecule has 5 nitrogen and oxygen atoms in total. The highest BCUT2D eigenvalue weighted by molar-refractivity contribution is 5.81. The number of nitrogens with one attached hydrogen (secondary N) is 1. The Bertz CT molecular complexity index is 474. The summed E-state index contributed by atoms with van der Waals surface area (Å²) in [6, 6.07) is 6.96. The molecule has 5 heteroatoms. The lowest BCUT2D eigenvalue weighted by Gasteiger charge is -2.22. The van der Waals surface area contributed by atoms with Crippen LogP contribution in [-0.4, -0.2) is 12.5 Å². The minimum Gasteiger partial charge on any atom is -0.397 e. The van der Waals surface area contributed by atoms with Crippen molar-refractivity contribution in [1.29, 1.82) is 5.26 Å². The second-order valence-corrected chi connectivity index (χ2v) is 4.52. The van der Waals surface area contributed by atoms with Crippen LogP contribution in [0.25, 0.3) is 0 Å². The summed E-state index contributed by atoms with van der Waals surface area (Å²) in [6.45, 7) is 3.89. The monoisotopic (exact) mass is 232 g/mol. The Hall–Kier alpha value is -2.22. The van der Waals surface area contributed by atoms with Gasteiger partial charge < -0.3 is 16.8 Å². The van der Waals surface area contributed by atoms with Gasteiger partial charge in [-0.05, 0) is 32.0 Å². The zero-order chi connectivity index (χ0) is 13.1. The molecule has 0 aliphatic carbocycles. The van der Waals surface area contributed by atoms with E-state index in [0.29, 0.717) is 23.5 Å². The SMILES string of the molecule is CC(C)(CNc1ccc(C#N)cc1N)C(N)=O. The Labute approximate surface area is 100 Å². The van der Waals surface area contributed by atoms with Crippen LogP contribution in [0.2, 0.25) is 0 Å². The Morgan fingerprint density at radius 3 is 2.65 bits per heavy atom. The number of hydrogen-bond donors (Lipinski definition) is 3. The van der Waals surface area contributed by atoms with Crippen molar-refractivity contribution in [2.45, 2.75) is 13.8 Å². The summed E-state index contributed by atoms with van der Waals surface area (Å²) in [5.74, 6) is -0.378. The molecule has 90 valence electrons. The van der Waals surface area contributed by atoms with Crippen LogP contribution in [0.3, 0.4) is 0 Å². The number of nitrogen functional groups attached to an aromatic ring is 1. The molecule has 0 aliphatic heterocycles. The lowest BCUT2D eigenvalue weighted by molar-refractivity contribution is -0.125. The maximum absolute atomic E-state index is 11.1. The van der Waals surface area contributed by atoms with Crippen LogP contribution in [0.4, 0.5) is 11.4 Å². The van der Waals surface area contributed by atoms with Crippen LogP contribution in [-0.2, 0) is 4.79 Å². The van der Waals surface area contributed by atoms with Gasteiger partial charge in [-0.15, -0.1) is 0 Å². The summed E-state index contributed by atoms with van der Waals surface area (Å²) in [4.78, 5) is 11.1. The molecule has 17 heavy (non-hydrogen) atoms. The first kappa shape index (κ1) is 12.8. The van der Waals surface area contributed by atoms with Gasteiger partial charge in [-0.1, -0.05) is 0 Å². The number of nitrogens with zero attached hydrogens (tertiary/aromatic N) is 1. The third kappa shape index (κ3) is 3.11. The predicted octanol–water partition coefficient (Wildman–Crippen LogP) is 1.06. The van der Waals surface area contributed by atoms with E-state index in [1.165, 1.54) is 0 Å². The quantitative estimate of drug-likeness (QED) is 0.675. The molecule has 0 unspecified atom stereocenters. The Morgan fingerprint density at radius 2 is 2.18 bits per heavy atom. The molecule has 0 atom stereocenters. The highest BCUT2D eigenvalue weighted by atomic mass is 16.1. The molecular weight excluding hydrogens is 216 g/mol. The maximum Gasteiger partial charge on any atom is 0.224 e. The molecule has 1 aromatic carbocycles. The van der Waals surface area contributed by atoms with E-state index in [0.717, 1.165) is 0 Å². The van der Waals surface area contributed by atoms with Crippen molar-refractivity contribution in [3.05, 3.63) is 23.8 Å². The number of primary amides is 1. The van der Waals surface area contributed by atoms with Gasteiger partial charge in [-0.25, -0.2) is 0 Å². The van der Waals surface area contributed by atoms with E-state index in [9.17, 15) is 4.79 Å². The molecule has 0 aliphatic rings. The summed E-state index contributed by atoms with van der Waals surface area (Å²) in [6.07, 6.45) is 0. The summed E-state index contributed by atoms with van der Waals surface area (Å²) >= 11 is 0. The fourth-order valence-corrected chi connectivity index (χ4v) is 1.20. The summed E-state index contributed by atoms with van der Waals surface area (Å²) in [7, 11) is 0. The third-order valence-electron chi connectivity index (χ3n) is 2.57. The summed E-state index contributed by atoms with van der Waals surface area (Å²) in [5, 5.41) is 11.7. The average molecular weight is 232 g/mol. The zero-order valence-corrected chi connectivity index (χ0v) is 9.95. The second kappa shape index (κ2) is 4.74. The number of anilines is 2. The summed E-state index contributed by atoms with van der Waals surface area (Å²) < 4.78 is 0. The molecule has 0 aromatic heterocycles. The topological polar surface area (TPSA) is 105 Å². The number of hydrogen-bond acceptors (Lipinski definition) is 4. The van der Waals surface area contributed by atoms with E-state index in [-0.39, 0.29) is 5.91 Å². The number of nitriles is 1. The molecule has 5 N–H and O–H groups in total. The molecule has 0 spiro atoms. The fourth-order valence-electron chi connectivity index (χ4n) is 1.20. The van der Waals surface area contributed by atoms with Gasteiger partial charge >= 0.3 is 0 Å². The van der Waals surface area contributed by atoms with Gasteiger partial charge in [0.25, 0.3) is 0 Å². The van der Waals surface area contributed by atoms with Crippen molar-refractivity contribution in [2.75, 3.05) is 17.6 Å². The number of carbonyl (C=O) groups is 1. The van der Waals surface area contributed by atoms with Crippen molar-refractivity contribution in [1.82, 2.24) is 0 Å². The van der Waals surface area contributed by atoms with Crippen LogP contribution in [0, 0.1) is 16.7 Å². The highest BCUT2D eigenvalue weighted by Gasteiger charge is 2.24. The Balaban J connectivity index is 2.78. The summed E-state index contributed by atoms with van der Waals surface area (Å²) in [5.41, 5.74) is 12.1. The minimum atomic E-state index is -0.652. The molecule has 0 bridgehead atoms. The molecule has 0 radical (unpaired) electrons. The lowest BCUT2D eigenvalue weighted by Crippen LogP contribution is -2.37. The normalized spacial score (nSPS) is 10.6. The van der Waals surface area contributed by atoms with Crippen LogP contribution < -0.4 is 16.8 Å². The zero-order valence-electron chi connectivity index (χ0n) is 9.95. The van der Waals surface area contributed by atoms with Gasteiger partial charge in [-0.3, -0.25) is 4.79 Å². The number of rotatable bonds is 4. The van der Waals surface area contributed by atoms with Crippen LogP contribution in [0.5, 0.6) is 0 Å². The van der Waals surface area contributed by atoms with Crippen molar-refractivity contribution >= 4 is 17.3 Å². The smallest absolute Gasteiger partial charge is 0.224 e. The standard InChI is InChI=1S/C12H16N4O/c1-12(2,11(15)17)7-16-10-4-3-8(6-13)5-9(10)14/h3-5,16H,7,14H2,1-2H3,(H2,15,17). The fraction of sp³-hybridized carbons (Fsp3) is 0.333. The van der Waals surface area contributed by atoms with Crippen molar-refractivity contribution in [2.24, 2.45) is 11.1 Å². The Morgan fingerprint density at radius 1 is 1.53 bits per heavy atom. The van der Waals surface area contributed by atoms with E-state index in [4.69, 9.17) is 16.7 Å². The molecule has 0 heterocycles. The molecule has 0 saturated heterocycles. The largest absolute Gasteiger partial charge is 0.397 e. The number of benzene rings is 1. The van der Waals surface area contributed by atoms with E-state index < -0.39 is 5.41 Å². The van der Waals surface area contributed by atoms with Crippen LogP contribution in [0.15, 0.2) is 18.2 Å². The molecule has 1 aromatic rings. The maximum atomic E-state index is 11.1. The number of nitrogens with two attached hydrogens (primary N) is 2. The molecule has 1 rings (SSSR count). The first-order valence-corrected chi connectivity index (χ1v) is 5.20. The molecule has 0 saturated carbocycles. The van der Waals surface area contributed by atoms with Crippen LogP contribution in [0.1, 0.15) is 19.4 Å². The first-order valence-electron chi connectivity index (χ1n) is 5.20. The lowest BCUT2D eigenvalue weighted by atomic mass is 9.92. The van der Waals surface area contributed by atoms with Crippen molar-refractivity contribution in [3.8, 4) is 6.07 Å². The average Bonchev–Trinajstić information content (AvgIpc) is 2.27. The minimum absolute atomic E-state index is 0.378.